The molecule has 0 saturated heterocycles. The number of carboxylic acids is 1. The third-order valence-corrected chi connectivity index (χ3v) is 6.02. The average Bonchev–Trinajstić information content (AvgIpc) is 2.91. The number of benzene rings is 3. The van der Waals surface area contributed by atoms with Crippen molar-refractivity contribution in [2.75, 3.05) is 18.5 Å². The van der Waals surface area contributed by atoms with E-state index in [1.807, 2.05) is 24.3 Å². The summed E-state index contributed by atoms with van der Waals surface area (Å²) in [5, 5.41) is 15.4. The van der Waals surface area contributed by atoms with Gasteiger partial charge in [-0.05, 0) is 46.9 Å². The molecule has 0 atom stereocenters. The van der Waals surface area contributed by atoms with Crippen LogP contribution >= 0.6 is 0 Å². The molecule has 0 radical (unpaired) electrons. The van der Waals surface area contributed by atoms with Crippen LogP contribution in [0.5, 0.6) is 5.75 Å². The van der Waals surface area contributed by atoms with Crippen molar-refractivity contribution in [3.63, 3.8) is 0 Å². The molecular formula is C30H28F6N2O5. The third-order valence-electron chi connectivity index (χ3n) is 6.02. The maximum absolute atomic E-state index is 13.2. The molecule has 7 nitrogen and oxygen atoms in total. The topological polar surface area (TPSA) is 97.2 Å². The van der Waals surface area contributed by atoms with Crippen LogP contribution in [0.3, 0.4) is 0 Å². The first-order valence-corrected chi connectivity index (χ1v) is 12.8. The number of nitrogens with one attached hydrogen (secondary N) is 1. The number of carboxylic acid groups (broad SMARTS) is 1. The van der Waals surface area contributed by atoms with E-state index in [1.54, 1.807) is 6.21 Å². The number of aromatic carboxylic acids is 1. The van der Waals surface area contributed by atoms with Crippen LogP contribution in [-0.2, 0) is 22.6 Å². The highest BCUT2D eigenvalue weighted by molar-refractivity contribution is 6.08. The van der Waals surface area contributed by atoms with Crippen LogP contribution in [0.1, 0.15) is 70.2 Å². The van der Waals surface area contributed by atoms with Crippen LogP contribution in [0, 0.1) is 0 Å². The van der Waals surface area contributed by atoms with Gasteiger partial charge in [0.1, 0.15) is 12.4 Å². The Morgan fingerprint density at radius 2 is 1.44 bits per heavy atom. The van der Waals surface area contributed by atoms with Crippen molar-refractivity contribution >= 4 is 23.8 Å². The molecule has 0 spiro atoms. The fourth-order valence-corrected chi connectivity index (χ4v) is 3.72. The van der Waals surface area contributed by atoms with Gasteiger partial charge in [0.2, 0.25) is 0 Å². The summed E-state index contributed by atoms with van der Waals surface area (Å²) in [6.45, 7) is 6.57. The molecule has 0 fully saturated rings. The SMILES string of the molecule is CC(C)(C)c1ccc(C=NOCCCOc2ccc(C(=O)O)c(NC(=O)c3cc(C(F)(F)F)cc(C(F)(F)F)c3)c2)cc1. The summed E-state index contributed by atoms with van der Waals surface area (Å²) in [5.74, 6) is -2.79. The van der Waals surface area contributed by atoms with Gasteiger partial charge >= 0.3 is 18.3 Å². The lowest BCUT2D eigenvalue weighted by Gasteiger charge is -2.18. The number of anilines is 1. The molecule has 230 valence electrons. The Hall–Kier alpha value is -4.55. The molecule has 3 rings (SSSR count). The van der Waals surface area contributed by atoms with Crippen molar-refractivity contribution in [2.24, 2.45) is 5.16 Å². The number of halogens is 6. The Balaban J connectivity index is 1.63. The van der Waals surface area contributed by atoms with Crippen molar-refractivity contribution in [3.8, 4) is 5.75 Å². The molecule has 0 bridgehead atoms. The number of nitrogens with zero attached hydrogens (tertiary/aromatic N) is 1. The van der Waals surface area contributed by atoms with Gasteiger partial charge in [-0.25, -0.2) is 4.79 Å². The quantitative estimate of drug-likeness (QED) is 0.106. The maximum atomic E-state index is 13.2. The number of carbonyl (C=O) groups excluding carboxylic acids is 1. The van der Waals surface area contributed by atoms with Crippen LogP contribution in [0.25, 0.3) is 0 Å². The van der Waals surface area contributed by atoms with Gasteiger partial charge in [-0.1, -0.05) is 50.2 Å². The third kappa shape index (κ3) is 9.48. The first-order chi connectivity index (χ1) is 19.9. The van der Waals surface area contributed by atoms with Gasteiger partial charge in [0.25, 0.3) is 5.91 Å². The predicted molar refractivity (Wildman–Crippen MR) is 147 cm³/mol. The number of amides is 1. The molecule has 0 heterocycles. The van der Waals surface area contributed by atoms with Crippen LogP contribution in [0.2, 0.25) is 0 Å². The van der Waals surface area contributed by atoms with Crippen molar-refractivity contribution in [3.05, 3.63) is 94.0 Å². The van der Waals surface area contributed by atoms with Gasteiger partial charge in [-0.3, -0.25) is 4.79 Å². The van der Waals surface area contributed by atoms with Gasteiger partial charge in [0.05, 0.1) is 35.2 Å². The van der Waals surface area contributed by atoms with Crippen molar-refractivity contribution < 1.29 is 50.6 Å². The summed E-state index contributed by atoms with van der Waals surface area (Å²) >= 11 is 0. The number of alkyl halides is 6. The van der Waals surface area contributed by atoms with E-state index in [4.69, 9.17) is 9.57 Å². The molecule has 0 aliphatic heterocycles. The molecule has 3 aromatic rings. The molecule has 1 amide bonds. The van der Waals surface area contributed by atoms with Gasteiger partial charge in [-0.2, -0.15) is 26.3 Å². The molecule has 0 aliphatic rings. The van der Waals surface area contributed by atoms with Gasteiger partial charge in [0, 0.05) is 18.1 Å². The monoisotopic (exact) mass is 610 g/mol. The maximum Gasteiger partial charge on any atom is 0.416 e. The van der Waals surface area contributed by atoms with Gasteiger partial charge in [0.15, 0.2) is 0 Å². The second-order valence-electron chi connectivity index (χ2n) is 10.4. The van der Waals surface area contributed by atoms with E-state index in [1.165, 1.54) is 11.6 Å². The Morgan fingerprint density at radius 3 is 1.98 bits per heavy atom. The van der Waals surface area contributed by atoms with Crippen LogP contribution in [0.15, 0.2) is 65.8 Å². The molecule has 0 aliphatic carbocycles. The van der Waals surface area contributed by atoms with E-state index in [-0.39, 0.29) is 48.3 Å². The van der Waals surface area contributed by atoms with E-state index in [9.17, 15) is 41.0 Å². The number of hydrogen-bond acceptors (Lipinski definition) is 5. The van der Waals surface area contributed by atoms with Crippen LogP contribution in [-0.4, -0.2) is 36.4 Å². The highest BCUT2D eigenvalue weighted by atomic mass is 19.4. The van der Waals surface area contributed by atoms with Gasteiger partial charge < -0.3 is 20.0 Å². The Kier molecular flexibility index (Phi) is 10.1. The van der Waals surface area contributed by atoms with Gasteiger partial charge in [-0.15, -0.1) is 0 Å². The second kappa shape index (κ2) is 13.2. The molecule has 0 unspecified atom stereocenters. The summed E-state index contributed by atoms with van der Waals surface area (Å²) in [5.41, 5.74) is -3.15. The molecule has 43 heavy (non-hydrogen) atoms. The lowest BCUT2D eigenvalue weighted by molar-refractivity contribution is -0.143. The van der Waals surface area contributed by atoms with Crippen LogP contribution in [0.4, 0.5) is 32.0 Å². The summed E-state index contributed by atoms with van der Waals surface area (Å²) in [7, 11) is 0. The van der Waals surface area contributed by atoms with Crippen LogP contribution < -0.4 is 10.1 Å². The minimum Gasteiger partial charge on any atom is -0.493 e. The molecular weight excluding hydrogens is 582 g/mol. The summed E-state index contributed by atoms with van der Waals surface area (Å²) in [6, 6.07) is 11.7. The summed E-state index contributed by atoms with van der Waals surface area (Å²) in [6.07, 6.45) is -8.42. The highest BCUT2D eigenvalue weighted by Crippen LogP contribution is 2.36. The summed E-state index contributed by atoms with van der Waals surface area (Å²) < 4.78 is 84.6. The second-order valence-corrected chi connectivity index (χ2v) is 10.4. The zero-order valence-corrected chi connectivity index (χ0v) is 23.3. The fraction of sp³-hybridized carbons (Fsp3) is 0.300. The fourth-order valence-electron chi connectivity index (χ4n) is 3.72. The van der Waals surface area contributed by atoms with Crippen molar-refractivity contribution in [2.45, 2.75) is 45.0 Å². The summed E-state index contributed by atoms with van der Waals surface area (Å²) in [4.78, 5) is 29.5. The first-order valence-electron chi connectivity index (χ1n) is 12.8. The number of carbonyl (C=O) groups is 2. The normalized spacial score (nSPS) is 12.3. The van der Waals surface area contributed by atoms with Crippen molar-refractivity contribution in [1.29, 1.82) is 0 Å². The van der Waals surface area contributed by atoms with E-state index >= 15 is 0 Å². The van der Waals surface area contributed by atoms with E-state index in [2.05, 4.69) is 31.2 Å². The highest BCUT2D eigenvalue weighted by Gasteiger charge is 2.37. The largest absolute Gasteiger partial charge is 0.493 e. The molecule has 0 saturated carbocycles. The minimum atomic E-state index is -5.16. The molecule has 2 N–H and O–H groups in total. The molecule has 0 aromatic heterocycles. The number of ether oxygens (including phenoxy) is 1. The zero-order chi connectivity index (χ0) is 32.0. The van der Waals surface area contributed by atoms with Crippen molar-refractivity contribution in [1.82, 2.24) is 0 Å². The molecule has 3 aromatic carbocycles. The van der Waals surface area contributed by atoms with E-state index in [0.717, 1.165) is 17.7 Å². The standard InChI is InChI=1S/C30H28F6N2O5/c1-28(2,3)20-7-5-18(6-8-20)17-37-43-12-4-11-42-23-9-10-24(27(40)41)25(16-23)38-26(39)19-13-21(29(31,32)33)15-22(14-19)30(34,35)36/h5-10,13-17H,4,11-12H2,1-3H3,(H,38,39)(H,40,41). The Bertz CT molecular complexity index is 1440. The molecule has 13 heteroatoms. The lowest BCUT2D eigenvalue weighted by atomic mass is 9.87. The number of hydrogen-bond donors (Lipinski definition) is 2. The van der Waals surface area contributed by atoms with E-state index in [0.29, 0.717) is 6.42 Å². The minimum absolute atomic E-state index is 0.0235. The van der Waals surface area contributed by atoms with E-state index < -0.39 is 46.5 Å². The lowest BCUT2D eigenvalue weighted by Crippen LogP contribution is -2.18. The Morgan fingerprint density at radius 1 is 0.837 bits per heavy atom. The smallest absolute Gasteiger partial charge is 0.416 e. The Labute approximate surface area is 243 Å². The number of oxime groups is 1. The number of rotatable bonds is 10. The first kappa shape index (κ1) is 33.0. The zero-order valence-electron chi connectivity index (χ0n) is 23.3. The average molecular weight is 611 g/mol. The predicted octanol–water partition coefficient (Wildman–Crippen LogP) is 7.79.